The molecule has 1 heterocycles. The van der Waals surface area contributed by atoms with Gasteiger partial charge in [-0.3, -0.25) is 9.59 Å². The van der Waals surface area contributed by atoms with E-state index in [4.69, 9.17) is 27.9 Å². The Morgan fingerprint density at radius 3 is 2.59 bits per heavy atom. The first kappa shape index (κ1) is 24.4. The fourth-order valence-electron chi connectivity index (χ4n) is 3.82. The summed E-state index contributed by atoms with van der Waals surface area (Å²) < 4.78 is 5.75. The summed E-state index contributed by atoms with van der Waals surface area (Å²) in [5, 5.41) is 13.7. The third-order valence-corrected chi connectivity index (χ3v) is 6.33. The first-order chi connectivity index (χ1) is 15.3. The van der Waals surface area contributed by atoms with Crippen LogP contribution in [0.2, 0.25) is 10.0 Å². The number of rotatable bonds is 7. The second-order valence-corrected chi connectivity index (χ2v) is 8.96. The van der Waals surface area contributed by atoms with Gasteiger partial charge in [-0.25, -0.2) is 0 Å². The standard InChI is InChI=1S/C24H28Cl2N2O4/c1-15-5-3-6-16(2)22(15)32-14-19(29)12-27-23(30)18-7-4-10-28(13-18)24(31)17-8-9-20(25)21(26)11-17/h3,5-6,8-9,11,18-19,29H,4,7,10,12-14H2,1-2H3,(H,27,30). The van der Waals surface area contributed by atoms with Crippen LogP contribution >= 0.6 is 23.2 Å². The molecule has 1 aliphatic heterocycles. The molecule has 1 fully saturated rings. The van der Waals surface area contributed by atoms with Gasteiger partial charge < -0.3 is 20.1 Å². The fraction of sp³-hybridized carbons (Fsp3) is 0.417. The summed E-state index contributed by atoms with van der Waals surface area (Å²) in [4.78, 5) is 27.1. The fourth-order valence-corrected chi connectivity index (χ4v) is 4.11. The number of hydrogen-bond acceptors (Lipinski definition) is 4. The Bertz CT molecular complexity index is 962. The topological polar surface area (TPSA) is 78.9 Å². The van der Waals surface area contributed by atoms with Gasteiger partial charge in [-0.2, -0.15) is 0 Å². The van der Waals surface area contributed by atoms with Gasteiger partial charge in [-0.1, -0.05) is 41.4 Å². The molecule has 2 N–H and O–H groups in total. The van der Waals surface area contributed by atoms with Crippen LogP contribution in [-0.4, -0.2) is 54.2 Å². The van der Waals surface area contributed by atoms with Crippen molar-refractivity contribution in [3.63, 3.8) is 0 Å². The van der Waals surface area contributed by atoms with Crippen LogP contribution in [0.4, 0.5) is 0 Å². The first-order valence-corrected chi connectivity index (χ1v) is 11.4. The van der Waals surface area contributed by atoms with Crippen LogP contribution in [0.3, 0.4) is 0 Å². The Morgan fingerprint density at radius 2 is 1.91 bits per heavy atom. The van der Waals surface area contributed by atoms with Crippen LogP contribution in [0.15, 0.2) is 36.4 Å². The predicted octanol–water partition coefficient (Wildman–Crippen LogP) is 4.02. The largest absolute Gasteiger partial charge is 0.490 e. The van der Waals surface area contributed by atoms with Crippen molar-refractivity contribution in [2.45, 2.75) is 32.8 Å². The van der Waals surface area contributed by atoms with Gasteiger partial charge in [0.25, 0.3) is 5.91 Å². The number of aliphatic hydroxyl groups is 1. The molecule has 2 aromatic rings. The zero-order valence-electron chi connectivity index (χ0n) is 18.2. The minimum Gasteiger partial charge on any atom is -0.490 e. The summed E-state index contributed by atoms with van der Waals surface area (Å²) >= 11 is 12.0. The van der Waals surface area contributed by atoms with Crippen molar-refractivity contribution in [1.82, 2.24) is 10.2 Å². The van der Waals surface area contributed by atoms with E-state index in [9.17, 15) is 14.7 Å². The molecule has 0 aliphatic carbocycles. The van der Waals surface area contributed by atoms with E-state index in [1.807, 2.05) is 32.0 Å². The van der Waals surface area contributed by atoms with Gasteiger partial charge in [0, 0.05) is 25.2 Å². The Hall–Kier alpha value is -2.28. The summed E-state index contributed by atoms with van der Waals surface area (Å²) in [5.41, 5.74) is 2.44. The van der Waals surface area contributed by atoms with Crippen LogP contribution in [0.5, 0.6) is 5.75 Å². The van der Waals surface area contributed by atoms with Gasteiger partial charge in [0.1, 0.15) is 18.5 Å². The first-order valence-electron chi connectivity index (χ1n) is 10.7. The molecule has 2 aromatic carbocycles. The second-order valence-electron chi connectivity index (χ2n) is 8.15. The van der Waals surface area contributed by atoms with Gasteiger partial charge in [0.15, 0.2) is 0 Å². The van der Waals surface area contributed by atoms with E-state index in [0.717, 1.165) is 23.3 Å². The van der Waals surface area contributed by atoms with Crippen molar-refractivity contribution in [1.29, 1.82) is 0 Å². The number of likely N-dealkylation sites (tertiary alicyclic amines) is 1. The summed E-state index contributed by atoms with van der Waals surface area (Å²) in [6.07, 6.45) is 0.575. The molecular weight excluding hydrogens is 451 g/mol. The van der Waals surface area contributed by atoms with Crippen molar-refractivity contribution >= 4 is 35.0 Å². The maximum Gasteiger partial charge on any atom is 0.253 e. The van der Waals surface area contributed by atoms with Crippen molar-refractivity contribution in [3.05, 3.63) is 63.1 Å². The number of aryl methyl sites for hydroxylation is 2. The number of hydrogen-bond donors (Lipinski definition) is 2. The zero-order valence-corrected chi connectivity index (χ0v) is 19.7. The number of nitrogens with one attached hydrogen (secondary N) is 1. The van der Waals surface area contributed by atoms with Crippen molar-refractivity contribution in [2.75, 3.05) is 26.2 Å². The number of carbonyl (C=O) groups is 2. The number of amides is 2. The SMILES string of the molecule is Cc1cccc(C)c1OCC(O)CNC(=O)C1CCCN(C(=O)c2ccc(Cl)c(Cl)c2)C1. The monoisotopic (exact) mass is 478 g/mol. The Kier molecular flexibility index (Phi) is 8.40. The molecule has 2 amide bonds. The minimum atomic E-state index is -0.838. The van der Waals surface area contributed by atoms with E-state index in [1.165, 1.54) is 0 Å². The third-order valence-electron chi connectivity index (χ3n) is 5.59. The molecule has 6 nitrogen and oxygen atoms in total. The van der Waals surface area contributed by atoms with Gasteiger partial charge in [0.05, 0.1) is 16.0 Å². The van der Waals surface area contributed by atoms with E-state index < -0.39 is 6.10 Å². The van der Waals surface area contributed by atoms with E-state index in [1.54, 1.807) is 23.1 Å². The lowest BCUT2D eigenvalue weighted by Gasteiger charge is -2.32. The molecule has 32 heavy (non-hydrogen) atoms. The molecule has 3 rings (SSSR count). The molecule has 2 unspecified atom stereocenters. The Morgan fingerprint density at radius 1 is 1.19 bits per heavy atom. The maximum atomic E-state index is 12.8. The number of halogens is 2. The molecule has 0 aromatic heterocycles. The zero-order chi connectivity index (χ0) is 23.3. The van der Waals surface area contributed by atoms with Crippen LogP contribution in [0.25, 0.3) is 0 Å². The highest BCUT2D eigenvalue weighted by Crippen LogP contribution is 2.25. The molecule has 0 spiro atoms. The van der Waals surface area contributed by atoms with Gasteiger partial charge >= 0.3 is 0 Å². The summed E-state index contributed by atoms with van der Waals surface area (Å²) in [6, 6.07) is 10.6. The van der Waals surface area contributed by atoms with Crippen molar-refractivity contribution in [2.24, 2.45) is 5.92 Å². The molecular formula is C24H28Cl2N2O4. The molecule has 172 valence electrons. The van der Waals surface area contributed by atoms with E-state index in [2.05, 4.69) is 5.32 Å². The molecule has 1 aliphatic rings. The Balaban J connectivity index is 1.49. The summed E-state index contributed by atoms with van der Waals surface area (Å²) in [7, 11) is 0. The van der Waals surface area contributed by atoms with Gasteiger partial charge in [-0.05, 0) is 56.0 Å². The smallest absolute Gasteiger partial charge is 0.253 e. The second kappa shape index (κ2) is 11.0. The number of ether oxygens (including phenoxy) is 1. The normalized spacial score (nSPS) is 17.0. The van der Waals surface area contributed by atoms with Crippen LogP contribution in [0, 0.1) is 19.8 Å². The lowest BCUT2D eigenvalue weighted by molar-refractivity contribution is -0.126. The molecule has 8 heteroatoms. The van der Waals surface area contributed by atoms with Gasteiger partial charge in [-0.15, -0.1) is 0 Å². The molecule has 1 saturated heterocycles. The van der Waals surface area contributed by atoms with Crippen LogP contribution in [-0.2, 0) is 4.79 Å². The lowest BCUT2D eigenvalue weighted by Crippen LogP contribution is -2.47. The Labute approximate surface area is 198 Å². The average molecular weight is 479 g/mol. The number of para-hydroxylation sites is 1. The number of nitrogens with zero attached hydrogens (tertiary/aromatic N) is 1. The highest BCUT2D eigenvalue weighted by molar-refractivity contribution is 6.42. The number of aliphatic hydroxyl groups excluding tert-OH is 1. The number of carbonyl (C=O) groups excluding carboxylic acids is 2. The highest BCUT2D eigenvalue weighted by Gasteiger charge is 2.29. The average Bonchev–Trinajstić information content (AvgIpc) is 2.78. The van der Waals surface area contributed by atoms with E-state index in [-0.39, 0.29) is 30.9 Å². The quantitative estimate of drug-likeness (QED) is 0.629. The summed E-state index contributed by atoms with van der Waals surface area (Å²) in [5.74, 6) is 0.0645. The summed E-state index contributed by atoms with van der Waals surface area (Å²) in [6.45, 7) is 4.96. The minimum absolute atomic E-state index is 0.0819. The highest BCUT2D eigenvalue weighted by atomic mass is 35.5. The number of piperidine rings is 1. The third kappa shape index (κ3) is 6.15. The molecule has 0 bridgehead atoms. The molecule has 0 radical (unpaired) electrons. The van der Waals surface area contributed by atoms with Crippen molar-refractivity contribution < 1.29 is 19.4 Å². The predicted molar refractivity (Wildman–Crippen MR) is 126 cm³/mol. The molecule has 2 atom stereocenters. The van der Waals surface area contributed by atoms with Crippen LogP contribution in [0.1, 0.15) is 34.3 Å². The maximum absolute atomic E-state index is 12.8. The lowest BCUT2D eigenvalue weighted by atomic mass is 9.96. The van der Waals surface area contributed by atoms with Crippen LogP contribution < -0.4 is 10.1 Å². The van der Waals surface area contributed by atoms with E-state index in [0.29, 0.717) is 35.1 Å². The number of benzene rings is 2. The van der Waals surface area contributed by atoms with Crippen molar-refractivity contribution in [3.8, 4) is 5.75 Å². The molecule has 0 saturated carbocycles. The van der Waals surface area contributed by atoms with E-state index >= 15 is 0 Å². The van der Waals surface area contributed by atoms with Gasteiger partial charge in [0.2, 0.25) is 5.91 Å².